The molecule has 0 aliphatic carbocycles. The highest BCUT2D eigenvalue weighted by Crippen LogP contribution is 2.08. The number of nitrogens with two attached hydrogens (primary N) is 2. The Kier molecular flexibility index (Phi) is 3.09. The third-order valence-corrected chi connectivity index (χ3v) is 1.66. The van der Waals surface area contributed by atoms with Crippen molar-refractivity contribution < 1.29 is 0 Å². The highest BCUT2D eigenvalue weighted by atomic mass is 14.7. The van der Waals surface area contributed by atoms with Gasteiger partial charge in [-0.25, -0.2) is 0 Å². The van der Waals surface area contributed by atoms with Gasteiger partial charge < -0.3 is 11.5 Å². The number of aliphatic imine (C=N–C) groups is 1. The minimum atomic E-state index is 0.494. The molecule has 68 valence electrons. The molecule has 1 aromatic rings. The Morgan fingerprint density at radius 2 is 1.85 bits per heavy atom. The summed E-state index contributed by atoms with van der Waals surface area (Å²) in [5.74, 6) is 0. The summed E-state index contributed by atoms with van der Waals surface area (Å²) in [6, 6.07) is 9.58. The van der Waals surface area contributed by atoms with E-state index in [1.165, 1.54) is 0 Å². The van der Waals surface area contributed by atoms with E-state index in [1.54, 1.807) is 13.3 Å². The van der Waals surface area contributed by atoms with Crippen molar-refractivity contribution in [2.24, 2.45) is 16.5 Å². The minimum absolute atomic E-state index is 0.494. The predicted molar refractivity (Wildman–Crippen MR) is 56.2 cm³/mol. The molecule has 0 heterocycles. The lowest BCUT2D eigenvalue weighted by atomic mass is 10.1. The molecule has 3 nitrogen and oxygen atoms in total. The van der Waals surface area contributed by atoms with Crippen LogP contribution in [-0.2, 0) is 0 Å². The van der Waals surface area contributed by atoms with E-state index in [0.717, 1.165) is 5.56 Å². The Bertz CT molecular complexity index is 325. The van der Waals surface area contributed by atoms with E-state index in [0.29, 0.717) is 11.4 Å². The van der Waals surface area contributed by atoms with Crippen molar-refractivity contribution in [2.75, 3.05) is 7.05 Å². The van der Waals surface area contributed by atoms with Gasteiger partial charge in [0.25, 0.3) is 0 Å². The first-order valence-electron chi connectivity index (χ1n) is 3.98. The summed E-state index contributed by atoms with van der Waals surface area (Å²) < 4.78 is 0. The van der Waals surface area contributed by atoms with E-state index in [2.05, 4.69) is 4.99 Å². The summed E-state index contributed by atoms with van der Waals surface area (Å²) >= 11 is 0. The van der Waals surface area contributed by atoms with Crippen LogP contribution in [0, 0.1) is 0 Å². The number of hydrogen-bond donors (Lipinski definition) is 2. The van der Waals surface area contributed by atoms with Gasteiger partial charge in [0.15, 0.2) is 0 Å². The fraction of sp³-hybridized carbons (Fsp3) is 0.100. The Labute approximate surface area is 77.8 Å². The molecule has 0 radical (unpaired) electrons. The van der Waals surface area contributed by atoms with Crippen LogP contribution >= 0.6 is 0 Å². The first kappa shape index (κ1) is 9.32. The average molecular weight is 175 g/mol. The maximum absolute atomic E-state index is 5.79. The zero-order chi connectivity index (χ0) is 9.68. The summed E-state index contributed by atoms with van der Waals surface area (Å²) in [4.78, 5) is 3.79. The Morgan fingerprint density at radius 3 is 2.38 bits per heavy atom. The second-order valence-electron chi connectivity index (χ2n) is 2.62. The number of allylic oxidation sites excluding steroid dienone is 1. The van der Waals surface area contributed by atoms with E-state index < -0.39 is 0 Å². The summed E-state index contributed by atoms with van der Waals surface area (Å²) in [6.07, 6.45) is 1.54. The van der Waals surface area contributed by atoms with Crippen LogP contribution in [0.3, 0.4) is 0 Å². The predicted octanol–water partition coefficient (Wildman–Crippen LogP) is 0.973. The SMILES string of the molecule is CN=CC(N)=C(N)c1ccccc1. The lowest BCUT2D eigenvalue weighted by Gasteiger charge is -2.02. The van der Waals surface area contributed by atoms with Crippen molar-refractivity contribution in [3.63, 3.8) is 0 Å². The first-order chi connectivity index (χ1) is 6.25. The van der Waals surface area contributed by atoms with Crippen LogP contribution in [0.15, 0.2) is 41.0 Å². The smallest absolute Gasteiger partial charge is 0.0735 e. The van der Waals surface area contributed by atoms with Gasteiger partial charge in [0.1, 0.15) is 0 Å². The Hall–Kier alpha value is -1.77. The van der Waals surface area contributed by atoms with Crippen molar-refractivity contribution >= 4 is 11.9 Å². The standard InChI is InChI=1S/C10H13N3/c1-13-7-9(11)10(12)8-5-3-2-4-6-8/h2-7H,11-12H2,1H3. The third kappa shape index (κ3) is 2.33. The molecule has 0 aromatic heterocycles. The first-order valence-corrected chi connectivity index (χ1v) is 3.98. The summed E-state index contributed by atoms with van der Waals surface area (Å²) in [5.41, 5.74) is 13.4. The van der Waals surface area contributed by atoms with Gasteiger partial charge in [0.2, 0.25) is 0 Å². The van der Waals surface area contributed by atoms with E-state index in [9.17, 15) is 0 Å². The van der Waals surface area contributed by atoms with Gasteiger partial charge in [0, 0.05) is 13.3 Å². The second kappa shape index (κ2) is 4.30. The molecule has 0 saturated heterocycles. The molecule has 0 aliphatic rings. The molecule has 0 aliphatic heterocycles. The van der Waals surface area contributed by atoms with Crippen molar-refractivity contribution in [1.29, 1.82) is 0 Å². The molecule has 1 aromatic carbocycles. The van der Waals surface area contributed by atoms with Gasteiger partial charge in [-0.05, 0) is 5.56 Å². The summed E-state index contributed by atoms with van der Waals surface area (Å²) in [5, 5.41) is 0. The normalized spacial score (nSPS) is 13.0. The van der Waals surface area contributed by atoms with Crippen molar-refractivity contribution in [3.8, 4) is 0 Å². The van der Waals surface area contributed by atoms with Gasteiger partial charge in [-0.3, -0.25) is 4.99 Å². The molecular formula is C10H13N3. The molecule has 13 heavy (non-hydrogen) atoms. The summed E-state index contributed by atoms with van der Waals surface area (Å²) in [6.45, 7) is 0. The number of nitrogens with zero attached hydrogens (tertiary/aromatic N) is 1. The van der Waals surface area contributed by atoms with Crippen molar-refractivity contribution in [1.82, 2.24) is 0 Å². The molecule has 0 atom stereocenters. The van der Waals surface area contributed by atoms with E-state index in [1.807, 2.05) is 30.3 Å². The average Bonchev–Trinajstić information content (AvgIpc) is 2.18. The van der Waals surface area contributed by atoms with E-state index in [-0.39, 0.29) is 0 Å². The number of hydrogen-bond acceptors (Lipinski definition) is 3. The van der Waals surface area contributed by atoms with Gasteiger partial charge in [-0.1, -0.05) is 30.3 Å². The Morgan fingerprint density at radius 1 is 1.23 bits per heavy atom. The fourth-order valence-corrected chi connectivity index (χ4v) is 0.993. The monoisotopic (exact) mass is 175 g/mol. The highest BCUT2D eigenvalue weighted by molar-refractivity contribution is 5.88. The third-order valence-electron chi connectivity index (χ3n) is 1.66. The fourth-order valence-electron chi connectivity index (χ4n) is 0.993. The highest BCUT2D eigenvalue weighted by Gasteiger charge is 1.98. The second-order valence-corrected chi connectivity index (χ2v) is 2.62. The van der Waals surface area contributed by atoms with Crippen LogP contribution in [0.1, 0.15) is 5.56 Å². The maximum atomic E-state index is 5.79. The molecule has 0 fully saturated rings. The minimum Gasteiger partial charge on any atom is -0.397 e. The van der Waals surface area contributed by atoms with E-state index in [4.69, 9.17) is 11.5 Å². The largest absolute Gasteiger partial charge is 0.397 e. The lowest BCUT2D eigenvalue weighted by Crippen LogP contribution is -2.09. The molecule has 0 amide bonds. The quantitative estimate of drug-likeness (QED) is 0.658. The van der Waals surface area contributed by atoms with Crippen molar-refractivity contribution in [3.05, 3.63) is 41.6 Å². The van der Waals surface area contributed by atoms with Gasteiger partial charge in [-0.15, -0.1) is 0 Å². The molecule has 4 N–H and O–H groups in total. The zero-order valence-corrected chi connectivity index (χ0v) is 7.57. The van der Waals surface area contributed by atoms with Crippen LogP contribution in [0.25, 0.3) is 5.70 Å². The lowest BCUT2D eigenvalue weighted by molar-refractivity contribution is 1.38. The zero-order valence-electron chi connectivity index (χ0n) is 7.57. The van der Waals surface area contributed by atoms with Gasteiger partial charge in [0.05, 0.1) is 11.4 Å². The van der Waals surface area contributed by atoms with Crippen molar-refractivity contribution in [2.45, 2.75) is 0 Å². The van der Waals surface area contributed by atoms with Crippen LogP contribution in [-0.4, -0.2) is 13.3 Å². The number of rotatable bonds is 2. The molecule has 0 spiro atoms. The molecular weight excluding hydrogens is 162 g/mol. The summed E-state index contributed by atoms with van der Waals surface area (Å²) in [7, 11) is 1.66. The molecule has 3 heteroatoms. The molecule has 1 rings (SSSR count). The van der Waals surface area contributed by atoms with Crippen LogP contribution < -0.4 is 11.5 Å². The number of benzene rings is 1. The van der Waals surface area contributed by atoms with E-state index >= 15 is 0 Å². The topological polar surface area (TPSA) is 64.4 Å². The van der Waals surface area contributed by atoms with Gasteiger partial charge in [-0.2, -0.15) is 0 Å². The molecule has 0 unspecified atom stereocenters. The molecule has 0 bridgehead atoms. The Balaban J connectivity index is 3.03. The van der Waals surface area contributed by atoms with Crippen LogP contribution in [0.4, 0.5) is 0 Å². The molecule has 0 saturated carbocycles. The van der Waals surface area contributed by atoms with Crippen LogP contribution in [0.5, 0.6) is 0 Å². The maximum Gasteiger partial charge on any atom is 0.0735 e. The van der Waals surface area contributed by atoms with Crippen LogP contribution in [0.2, 0.25) is 0 Å². The van der Waals surface area contributed by atoms with Gasteiger partial charge >= 0.3 is 0 Å².